The molecule has 0 aliphatic heterocycles. The van der Waals surface area contributed by atoms with Crippen molar-refractivity contribution in [3.8, 4) is 11.3 Å². The summed E-state index contributed by atoms with van der Waals surface area (Å²) in [6, 6.07) is 18.2. The summed E-state index contributed by atoms with van der Waals surface area (Å²) in [6.45, 7) is 2.10. The van der Waals surface area contributed by atoms with Gasteiger partial charge in [-0.2, -0.15) is 5.10 Å². The Kier molecular flexibility index (Phi) is 3.93. The summed E-state index contributed by atoms with van der Waals surface area (Å²) in [5.74, 6) is 0. The maximum absolute atomic E-state index is 6.24. The Balaban J connectivity index is 1.82. The van der Waals surface area contributed by atoms with Crippen molar-refractivity contribution >= 4 is 17.3 Å². The second-order valence-electron chi connectivity index (χ2n) is 4.94. The molecule has 1 atom stereocenters. The highest BCUT2D eigenvalue weighted by Gasteiger charge is 2.09. The first-order valence-corrected chi connectivity index (χ1v) is 7.22. The van der Waals surface area contributed by atoms with Gasteiger partial charge in [0.25, 0.3) is 0 Å². The lowest BCUT2D eigenvalue weighted by atomic mass is 10.1. The van der Waals surface area contributed by atoms with Gasteiger partial charge in [0.15, 0.2) is 0 Å². The van der Waals surface area contributed by atoms with Crippen LogP contribution in [0.2, 0.25) is 5.02 Å². The number of nitrogens with zero attached hydrogens (tertiary/aromatic N) is 1. The number of aromatic amines is 1. The van der Waals surface area contributed by atoms with Crippen LogP contribution < -0.4 is 5.32 Å². The Morgan fingerprint density at radius 1 is 1.10 bits per heavy atom. The van der Waals surface area contributed by atoms with Crippen LogP contribution in [-0.4, -0.2) is 10.2 Å². The minimum Gasteiger partial charge on any atom is -0.378 e. The quantitative estimate of drug-likeness (QED) is 0.719. The standard InChI is InChI=1S/C17H16ClN3/c1-12(15-7-2-3-8-16(15)18)20-14-6-4-5-13(11-14)17-9-10-19-21-17/h2-12,20H,1H3,(H,19,21). The van der Waals surface area contributed by atoms with Crippen molar-refractivity contribution in [1.29, 1.82) is 0 Å². The molecule has 3 nitrogen and oxygen atoms in total. The molecular weight excluding hydrogens is 282 g/mol. The third-order valence-electron chi connectivity index (χ3n) is 3.43. The van der Waals surface area contributed by atoms with E-state index < -0.39 is 0 Å². The molecule has 0 spiro atoms. The van der Waals surface area contributed by atoms with Gasteiger partial charge in [0.1, 0.15) is 0 Å². The molecule has 21 heavy (non-hydrogen) atoms. The average Bonchev–Trinajstić information content (AvgIpc) is 3.02. The molecule has 0 aliphatic rings. The molecule has 2 aromatic carbocycles. The molecule has 1 unspecified atom stereocenters. The fourth-order valence-electron chi connectivity index (χ4n) is 2.35. The van der Waals surface area contributed by atoms with E-state index >= 15 is 0 Å². The molecule has 3 aromatic rings. The number of aromatic nitrogens is 2. The zero-order chi connectivity index (χ0) is 14.7. The molecule has 0 radical (unpaired) electrons. The van der Waals surface area contributed by atoms with Crippen LogP contribution in [0, 0.1) is 0 Å². The molecule has 2 N–H and O–H groups in total. The third kappa shape index (κ3) is 3.09. The van der Waals surface area contributed by atoms with Crippen LogP contribution in [0.15, 0.2) is 60.8 Å². The lowest BCUT2D eigenvalue weighted by molar-refractivity contribution is 0.885. The molecular formula is C17H16ClN3. The second kappa shape index (κ2) is 6.02. The first-order valence-electron chi connectivity index (χ1n) is 6.85. The predicted molar refractivity (Wildman–Crippen MR) is 87.5 cm³/mol. The van der Waals surface area contributed by atoms with Gasteiger partial charge in [0.2, 0.25) is 0 Å². The van der Waals surface area contributed by atoms with Crippen LogP contribution in [-0.2, 0) is 0 Å². The van der Waals surface area contributed by atoms with Gasteiger partial charge in [-0.25, -0.2) is 0 Å². The van der Waals surface area contributed by atoms with Gasteiger partial charge in [-0.05, 0) is 36.8 Å². The predicted octanol–water partition coefficient (Wildman–Crippen LogP) is 4.90. The third-order valence-corrected chi connectivity index (χ3v) is 3.77. The molecule has 0 bridgehead atoms. The molecule has 4 heteroatoms. The SMILES string of the molecule is CC(Nc1cccc(-c2ccn[nH]2)c1)c1ccccc1Cl. The maximum atomic E-state index is 6.24. The van der Waals surface area contributed by atoms with E-state index in [4.69, 9.17) is 11.6 Å². The number of hydrogen-bond acceptors (Lipinski definition) is 2. The Morgan fingerprint density at radius 2 is 1.95 bits per heavy atom. The van der Waals surface area contributed by atoms with Crippen molar-refractivity contribution in [2.75, 3.05) is 5.32 Å². The van der Waals surface area contributed by atoms with Gasteiger partial charge in [-0.3, -0.25) is 5.10 Å². The summed E-state index contributed by atoms with van der Waals surface area (Å²) in [5.41, 5.74) is 4.24. The largest absolute Gasteiger partial charge is 0.378 e. The van der Waals surface area contributed by atoms with Crippen molar-refractivity contribution < 1.29 is 0 Å². The van der Waals surface area contributed by atoms with Crippen LogP contribution >= 0.6 is 11.6 Å². The molecule has 1 aromatic heterocycles. The number of anilines is 1. The lowest BCUT2D eigenvalue weighted by Gasteiger charge is -2.17. The monoisotopic (exact) mass is 297 g/mol. The van der Waals surface area contributed by atoms with Crippen molar-refractivity contribution in [1.82, 2.24) is 10.2 Å². The summed E-state index contributed by atoms with van der Waals surface area (Å²) in [7, 11) is 0. The number of rotatable bonds is 4. The first-order chi connectivity index (χ1) is 10.2. The number of benzene rings is 2. The molecule has 0 fully saturated rings. The summed E-state index contributed by atoms with van der Waals surface area (Å²) < 4.78 is 0. The zero-order valence-corrected chi connectivity index (χ0v) is 12.4. The minimum atomic E-state index is 0.135. The van der Waals surface area contributed by atoms with E-state index in [9.17, 15) is 0 Å². The van der Waals surface area contributed by atoms with Crippen LogP contribution in [0.3, 0.4) is 0 Å². The Hall–Kier alpha value is -2.26. The Morgan fingerprint density at radius 3 is 2.71 bits per heavy atom. The highest BCUT2D eigenvalue weighted by Crippen LogP contribution is 2.27. The molecule has 0 saturated heterocycles. The van der Waals surface area contributed by atoms with Gasteiger partial charge < -0.3 is 5.32 Å². The van der Waals surface area contributed by atoms with Gasteiger partial charge in [0.05, 0.1) is 5.69 Å². The summed E-state index contributed by atoms with van der Waals surface area (Å²) >= 11 is 6.24. The van der Waals surface area contributed by atoms with Gasteiger partial charge >= 0.3 is 0 Å². The molecule has 0 amide bonds. The number of halogens is 1. The Labute approximate surface area is 129 Å². The van der Waals surface area contributed by atoms with E-state index in [1.807, 2.05) is 42.5 Å². The minimum absolute atomic E-state index is 0.135. The first kappa shape index (κ1) is 13.7. The smallest absolute Gasteiger partial charge is 0.0650 e. The molecule has 0 aliphatic carbocycles. The summed E-state index contributed by atoms with van der Waals surface area (Å²) in [4.78, 5) is 0. The lowest BCUT2D eigenvalue weighted by Crippen LogP contribution is -2.07. The second-order valence-corrected chi connectivity index (χ2v) is 5.35. The zero-order valence-electron chi connectivity index (χ0n) is 11.7. The van der Waals surface area contributed by atoms with Gasteiger partial charge in [-0.1, -0.05) is 41.9 Å². The van der Waals surface area contributed by atoms with E-state index in [1.165, 1.54) is 0 Å². The maximum Gasteiger partial charge on any atom is 0.0650 e. The van der Waals surface area contributed by atoms with Crippen LogP contribution in [0.4, 0.5) is 5.69 Å². The van der Waals surface area contributed by atoms with Crippen molar-refractivity contribution in [3.63, 3.8) is 0 Å². The van der Waals surface area contributed by atoms with Crippen molar-refractivity contribution in [2.24, 2.45) is 0 Å². The molecule has 0 saturated carbocycles. The average molecular weight is 298 g/mol. The van der Waals surface area contributed by atoms with Crippen LogP contribution in [0.1, 0.15) is 18.5 Å². The number of hydrogen-bond donors (Lipinski definition) is 2. The highest BCUT2D eigenvalue weighted by atomic mass is 35.5. The normalized spacial score (nSPS) is 12.1. The molecule has 1 heterocycles. The van der Waals surface area contributed by atoms with Crippen LogP contribution in [0.5, 0.6) is 0 Å². The van der Waals surface area contributed by atoms with E-state index in [1.54, 1.807) is 6.20 Å². The van der Waals surface area contributed by atoms with Gasteiger partial charge in [0, 0.05) is 28.5 Å². The molecule has 106 valence electrons. The van der Waals surface area contributed by atoms with Crippen LogP contribution in [0.25, 0.3) is 11.3 Å². The van der Waals surface area contributed by atoms with E-state index in [2.05, 4.69) is 34.6 Å². The fraction of sp³-hybridized carbons (Fsp3) is 0.118. The number of nitrogens with one attached hydrogen (secondary N) is 2. The Bertz CT molecular complexity index is 722. The molecule has 3 rings (SSSR count). The van der Waals surface area contributed by atoms with E-state index in [-0.39, 0.29) is 6.04 Å². The van der Waals surface area contributed by atoms with Crippen molar-refractivity contribution in [2.45, 2.75) is 13.0 Å². The fourth-order valence-corrected chi connectivity index (χ4v) is 2.65. The summed E-state index contributed by atoms with van der Waals surface area (Å²) in [5, 5.41) is 11.2. The summed E-state index contributed by atoms with van der Waals surface area (Å²) in [6.07, 6.45) is 1.75. The number of H-pyrrole nitrogens is 1. The topological polar surface area (TPSA) is 40.7 Å². The van der Waals surface area contributed by atoms with E-state index in [0.29, 0.717) is 0 Å². The van der Waals surface area contributed by atoms with E-state index in [0.717, 1.165) is 27.5 Å². The van der Waals surface area contributed by atoms with Gasteiger partial charge in [-0.15, -0.1) is 0 Å². The van der Waals surface area contributed by atoms with Crippen molar-refractivity contribution in [3.05, 3.63) is 71.4 Å². The highest BCUT2D eigenvalue weighted by molar-refractivity contribution is 6.31.